The molecule has 1 amide bonds. The van der Waals surface area contributed by atoms with Gasteiger partial charge < -0.3 is 10.2 Å². The number of carbonyl (C=O) groups excluding carboxylic acids is 1. The lowest BCUT2D eigenvalue weighted by Gasteiger charge is -2.36. The van der Waals surface area contributed by atoms with Gasteiger partial charge in [0.15, 0.2) is 0 Å². The van der Waals surface area contributed by atoms with E-state index < -0.39 is 0 Å². The van der Waals surface area contributed by atoms with Gasteiger partial charge in [-0.15, -0.1) is 0 Å². The van der Waals surface area contributed by atoms with Crippen molar-refractivity contribution < 1.29 is 4.79 Å². The molecule has 3 rings (SSSR count). The molecule has 3 nitrogen and oxygen atoms in total. The van der Waals surface area contributed by atoms with Gasteiger partial charge in [0.2, 0.25) is 5.91 Å². The maximum Gasteiger partial charge on any atom is 0.223 e. The highest BCUT2D eigenvalue weighted by molar-refractivity contribution is 5.78. The molecule has 2 heterocycles. The van der Waals surface area contributed by atoms with Crippen molar-refractivity contribution in [2.45, 2.75) is 57.4 Å². The topological polar surface area (TPSA) is 32.3 Å². The fourth-order valence-electron chi connectivity index (χ4n) is 3.83. The molecule has 0 aliphatic carbocycles. The second kappa shape index (κ2) is 6.50. The van der Waals surface area contributed by atoms with E-state index in [0.29, 0.717) is 24.3 Å². The van der Waals surface area contributed by atoms with Crippen molar-refractivity contribution >= 4 is 11.6 Å². The molecule has 2 unspecified atom stereocenters. The first-order chi connectivity index (χ1) is 10.3. The first-order valence-corrected chi connectivity index (χ1v) is 8.42. The third-order valence-electron chi connectivity index (χ3n) is 4.93. The Labute approximate surface area is 127 Å². The fourth-order valence-corrected chi connectivity index (χ4v) is 3.83. The van der Waals surface area contributed by atoms with E-state index in [2.05, 4.69) is 41.4 Å². The molecule has 1 N–H and O–H groups in total. The van der Waals surface area contributed by atoms with E-state index >= 15 is 0 Å². The first kappa shape index (κ1) is 14.4. The summed E-state index contributed by atoms with van der Waals surface area (Å²) in [7, 11) is 0. The zero-order valence-electron chi connectivity index (χ0n) is 13.0. The number of piperidine rings is 1. The van der Waals surface area contributed by atoms with Crippen molar-refractivity contribution in [3.63, 3.8) is 0 Å². The van der Waals surface area contributed by atoms with Gasteiger partial charge in [-0.2, -0.15) is 0 Å². The molecule has 0 bridgehead atoms. The van der Waals surface area contributed by atoms with E-state index in [1.165, 1.54) is 36.9 Å². The SMILES string of the molecule is CCCC1CCCCN1C(=O)CC1CNc2ccccc21. The van der Waals surface area contributed by atoms with Gasteiger partial charge in [-0.3, -0.25) is 4.79 Å². The van der Waals surface area contributed by atoms with Gasteiger partial charge in [-0.05, 0) is 37.3 Å². The minimum Gasteiger partial charge on any atom is -0.384 e. The maximum absolute atomic E-state index is 12.7. The number of nitrogens with one attached hydrogen (secondary N) is 1. The second-order valence-electron chi connectivity index (χ2n) is 6.39. The molecule has 21 heavy (non-hydrogen) atoms. The Kier molecular flexibility index (Phi) is 4.47. The standard InChI is InChI=1S/C18H26N2O/c1-2-7-15-8-5-6-11-20(15)18(21)12-14-13-19-17-10-4-3-9-16(14)17/h3-4,9-10,14-15,19H,2,5-8,11-13H2,1H3. The third-order valence-corrected chi connectivity index (χ3v) is 4.93. The number of likely N-dealkylation sites (tertiary alicyclic amines) is 1. The molecule has 0 radical (unpaired) electrons. The van der Waals surface area contributed by atoms with Crippen LogP contribution < -0.4 is 5.32 Å². The highest BCUT2D eigenvalue weighted by atomic mass is 16.2. The molecule has 2 atom stereocenters. The van der Waals surface area contributed by atoms with Crippen molar-refractivity contribution in [1.82, 2.24) is 4.90 Å². The lowest BCUT2D eigenvalue weighted by Crippen LogP contribution is -2.44. The summed E-state index contributed by atoms with van der Waals surface area (Å²) in [6, 6.07) is 8.89. The predicted octanol–water partition coefficient (Wildman–Crippen LogP) is 3.77. The smallest absolute Gasteiger partial charge is 0.223 e. The summed E-state index contributed by atoms with van der Waals surface area (Å²) in [5.41, 5.74) is 2.52. The van der Waals surface area contributed by atoms with Gasteiger partial charge >= 0.3 is 0 Å². The second-order valence-corrected chi connectivity index (χ2v) is 6.39. The fraction of sp³-hybridized carbons (Fsp3) is 0.611. The van der Waals surface area contributed by atoms with Crippen LogP contribution in [-0.4, -0.2) is 29.9 Å². The highest BCUT2D eigenvalue weighted by Gasteiger charge is 2.30. The lowest BCUT2D eigenvalue weighted by atomic mass is 9.94. The molecule has 1 saturated heterocycles. The lowest BCUT2D eigenvalue weighted by molar-refractivity contribution is -0.135. The van der Waals surface area contributed by atoms with Crippen molar-refractivity contribution in [2.24, 2.45) is 0 Å². The van der Waals surface area contributed by atoms with Gasteiger partial charge in [0.25, 0.3) is 0 Å². The van der Waals surface area contributed by atoms with Gasteiger partial charge in [0, 0.05) is 37.2 Å². The summed E-state index contributed by atoms with van der Waals surface area (Å²) in [4.78, 5) is 14.9. The van der Waals surface area contributed by atoms with E-state index in [4.69, 9.17) is 0 Å². The van der Waals surface area contributed by atoms with Crippen LogP contribution in [0, 0.1) is 0 Å². The summed E-state index contributed by atoms with van der Waals surface area (Å²) in [5, 5.41) is 3.42. The predicted molar refractivity (Wildman–Crippen MR) is 86.5 cm³/mol. The molecule has 0 saturated carbocycles. The van der Waals surface area contributed by atoms with Crippen molar-refractivity contribution in [3.05, 3.63) is 29.8 Å². The van der Waals surface area contributed by atoms with Crippen LogP contribution in [0.3, 0.4) is 0 Å². The van der Waals surface area contributed by atoms with E-state index in [-0.39, 0.29) is 0 Å². The average Bonchev–Trinajstić information content (AvgIpc) is 2.91. The molecule has 114 valence electrons. The Bertz CT molecular complexity index is 498. The molecule has 0 spiro atoms. The van der Waals surface area contributed by atoms with E-state index in [1.54, 1.807) is 0 Å². The van der Waals surface area contributed by atoms with Crippen LogP contribution in [-0.2, 0) is 4.79 Å². The Morgan fingerprint density at radius 2 is 2.19 bits per heavy atom. The van der Waals surface area contributed by atoms with Gasteiger partial charge in [0.1, 0.15) is 0 Å². The Hall–Kier alpha value is -1.51. The molecule has 0 aromatic heterocycles. The van der Waals surface area contributed by atoms with Gasteiger partial charge in [-0.1, -0.05) is 31.5 Å². The number of benzene rings is 1. The molecular formula is C18H26N2O. The minimum absolute atomic E-state index is 0.345. The van der Waals surface area contributed by atoms with Gasteiger partial charge in [0.05, 0.1) is 0 Å². The average molecular weight is 286 g/mol. The number of amides is 1. The number of nitrogens with zero attached hydrogens (tertiary/aromatic N) is 1. The zero-order valence-corrected chi connectivity index (χ0v) is 13.0. The van der Waals surface area contributed by atoms with E-state index in [1.807, 2.05) is 0 Å². The first-order valence-electron chi connectivity index (χ1n) is 8.42. The van der Waals surface area contributed by atoms with Crippen LogP contribution in [0.2, 0.25) is 0 Å². The molecular weight excluding hydrogens is 260 g/mol. The summed E-state index contributed by atoms with van der Waals surface area (Å²) >= 11 is 0. The largest absolute Gasteiger partial charge is 0.384 e. The van der Waals surface area contributed by atoms with Crippen molar-refractivity contribution in [3.8, 4) is 0 Å². The third kappa shape index (κ3) is 3.07. The van der Waals surface area contributed by atoms with Crippen molar-refractivity contribution in [2.75, 3.05) is 18.4 Å². The molecule has 2 aliphatic heterocycles. The number of hydrogen-bond donors (Lipinski definition) is 1. The summed E-state index contributed by atoms with van der Waals surface area (Å²) in [5.74, 6) is 0.703. The zero-order chi connectivity index (χ0) is 14.7. The van der Waals surface area contributed by atoms with Crippen LogP contribution in [0.25, 0.3) is 0 Å². The van der Waals surface area contributed by atoms with Crippen LogP contribution in [0.15, 0.2) is 24.3 Å². The summed E-state index contributed by atoms with van der Waals surface area (Å²) in [6.45, 7) is 4.08. The molecule has 1 aromatic rings. The van der Waals surface area contributed by atoms with Crippen LogP contribution in [0.5, 0.6) is 0 Å². The van der Waals surface area contributed by atoms with Crippen LogP contribution in [0.4, 0.5) is 5.69 Å². The van der Waals surface area contributed by atoms with E-state index in [9.17, 15) is 4.79 Å². The van der Waals surface area contributed by atoms with Crippen molar-refractivity contribution in [1.29, 1.82) is 0 Å². The monoisotopic (exact) mass is 286 g/mol. The highest BCUT2D eigenvalue weighted by Crippen LogP contribution is 2.34. The molecule has 1 aromatic carbocycles. The van der Waals surface area contributed by atoms with Crippen LogP contribution >= 0.6 is 0 Å². The number of rotatable bonds is 4. The maximum atomic E-state index is 12.7. The quantitative estimate of drug-likeness (QED) is 0.914. The molecule has 2 aliphatic rings. The summed E-state index contributed by atoms with van der Waals surface area (Å²) < 4.78 is 0. The summed E-state index contributed by atoms with van der Waals surface area (Å²) in [6.07, 6.45) is 6.63. The number of para-hydroxylation sites is 1. The van der Waals surface area contributed by atoms with E-state index in [0.717, 1.165) is 19.5 Å². The van der Waals surface area contributed by atoms with Gasteiger partial charge in [-0.25, -0.2) is 0 Å². The number of fused-ring (bicyclic) bond motifs is 1. The number of anilines is 1. The Morgan fingerprint density at radius 3 is 3.05 bits per heavy atom. The minimum atomic E-state index is 0.345. The van der Waals surface area contributed by atoms with Crippen LogP contribution in [0.1, 0.15) is 56.9 Å². The normalized spacial score (nSPS) is 24.5. The number of carbonyl (C=O) groups is 1. The molecule has 1 fully saturated rings. The molecule has 3 heteroatoms. The Balaban J connectivity index is 1.66. The Morgan fingerprint density at radius 1 is 1.33 bits per heavy atom. The number of hydrogen-bond acceptors (Lipinski definition) is 2.